The maximum Gasteiger partial charge on any atom is 0.144 e. The molecular formula is C12H16ClNO2. The van der Waals surface area contributed by atoms with Crippen LogP contribution in [0.4, 0.5) is 5.69 Å². The van der Waals surface area contributed by atoms with Crippen molar-refractivity contribution in [2.75, 3.05) is 19.0 Å². The van der Waals surface area contributed by atoms with Crippen LogP contribution in [-0.2, 0) is 4.79 Å². The van der Waals surface area contributed by atoms with Crippen molar-refractivity contribution in [3.05, 3.63) is 22.7 Å². The van der Waals surface area contributed by atoms with Gasteiger partial charge in [0.05, 0.1) is 12.8 Å². The lowest BCUT2D eigenvalue weighted by Gasteiger charge is -2.13. The van der Waals surface area contributed by atoms with E-state index in [0.29, 0.717) is 18.0 Å². The number of hydrogen-bond donors (Lipinski definition) is 1. The molecule has 0 radical (unpaired) electrons. The third kappa shape index (κ3) is 3.42. The molecule has 88 valence electrons. The second-order valence-corrected chi connectivity index (χ2v) is 4.12. The van der Waals surface area contributed by atoms with E-state index in [2.05, 4.69) is 5.32 Å². The Hall–Kier alpha value is -1.22. The van der Waals surface area contributed by atoms with Crippen LogP contribution >= 0.6 is 11.6 Å². The fraction of sp³-hybridized carbons (Fsp3) is 0.417. The molecule has 0 aliphatic carbocycles. The summed E-state index contributed by atoms with van der Waals surface area (Å²) in [6, 6.07) is 3.64. The summed E-state index contributed by atoms with van der Waals surface area (Å²) in [6.07, 6.45) is 0.495. The van der Waals surface area contributed by atoms with Crippen molar-refractivity contribution in [1.29, 1.82) is 0 Å². The molecule has 0 fully saturated rings. The Morgan fingerprint density at radius 3 is 2.75 bits per heavy atom. The van der Waals surface area contributed by atoms with Gasteiger partial charge < -0.3 is 10.1 Å². The average molecular weight is 242 g/mol. The fourth-order valence-corrected chi connectivity index (χ4v) is 1.78. The minimum atomic E-state index is 0.158. The van der Waals surface area contributed by atoms with E-state index in [9.17, 15) is 4.79 Å². The predicted octanol–water partition coefficient (Wildman–Crippen LogP) is 3.05. The molecule has 1 aromatic carbocycles. The first-order valence-corrected chi connectivity index (χ1v) is 5.50. The van der Waals surface area contributed by atoms with Crippen molar-refractivity contribution in [3.63, 3.8) is 0 Å². The molecule has 0 atom stereocenters. The average Bonchev–Trinajstić information content (AvgIpc) is 2.16. The zero-order valence-corrected chi connectivity index (χ0v) is 10.5. The molecule has 0 aliphatic rings. The number of anilines is 1. The van der Waals surface area contributed by atoms with Gasteiger partial charge in [-0.2, -0.15) is 0 Å². The number of rotatable bonds is 5. The summed E-state index contributed by atoms with van der Waals surface area (Å²) in [6.45, 7) is 4.09. The molecule has 0 saturated heterocycles. The van der Waals surface area contributed by atoms with E-state index in [1.54, 1.807) is 20.1 Å². The molecule has 0 aromatic heterocycles. The first-order chi connectivity index (χ1) is 7.54. The number of carbonyl (C=O) groups excluding carboxylic acids is 1. The molecule has 0 unspecified atom stereocenters. The summed E-state index contributed by atoms with van der Waals surface area (Å²) in [7, 11) is 1.62. The summed E-state index contributed by atoms with van der Waals surface area (Å²) >= 11 is 5.96. The third-order valence-corrected chi connectivity index (χ3v) is 2.45. The molecule has 0 amide bonds. The van der Waals surface area contributed by atoms with E-state index in [4.69, 9.17) is 16.3 Å². The number of ketones is 1. The Morgan fingerprint density at radius 2 is 2.19 bits per heavy atom. The second kappa shape index (κ2) is 5.75. The Bertz CT molecular complexity index is 391. The van der Waals surface area contributed by atoms with E-state index < -0.39 is 0 Å². The number of carbonyl (C=O) groups is 1. The zero-order chi connectivity index (χ0) is 12.1. The molecule has 1 rings (SSSR count). The van der Waals surface area contributed by atoms with E-state index in [1.165, 1.54) is 0 Å². The monoisotopic (exact) mass is 241 g/mol. The van der Waals surface area contributed by atoms with Gasteiger partial charge in [0.1, 0.15) is 11.5 Å². The molecule has 1 aromatic rings. The standard InChI is InChI=1S/C12H16ClNO2/c1-8-6-10(13)7-11(12(8)16-3)14-5-4-9(2)15/h6-7,14H,4-5H2,1-3H3. The van der Waals surface area contributed by atoms with Crippen LogP contribution in [0.2, 0.25) is 5.02 Å². The molecule has 4 heteroatoms. The molecule has 0 spiro atoms. The van der Waals surface area contributed by atoms with Gasteiger partial charge in [0.15, 0.2) is 0 Å². The molecule has 16 heavy (non-hydrogen) atoms. The van der Waals surface area contributed by atoms with Gasteiger partial charge in [-0.3, -0.25) is 4.79 Å². The van der Waals surface area contributed by atoms with Crippen LogP contribution in [0.5, 0.6) is 5.75 Å². The molecule has 1 N–H and O–H groups in total. The highest BCUT2D eigenvalue weighted by molar-refractivity contribution is 6.31. The summed E-state index contributed by atoms with van der Waals surface area (Å²) < 4.78 is 5.28. The molecule has 0 heterocycles. The molecule has 0 saturated carbocycles. The van der Waals surface area contributed by atoms with E-state index in [1.807, 2.05) is 13.0 Å². The van der Waals surface area contributed by atoms with Gasteiger partial charge in [0.2, 0.25) is 0 Å². The summed E-state index contributed by atoms with van der Waals surface area (Å²) in [5.41, 5.74) is 1.80. The predicted molar refractivity (Wildman–Crippen MR) is 66.5 cm³/mol. The van der Waals surface area contributed by atoms with Crippen LogP contribution in [0.15, 0.2) is 12.1 Å². The largest absolute Gasteiger partial charge is 0.494 e. The van der Waals surface area contributed by atoms with Crippen molar-refractivity contribution in [3.8, 4) is 5.75 Å². The van der Waals surface area contributed by atoms with Crippen LogP contribution in [0.25, 0.3) is 0 Å². The summed E-state index contributed by atoms with van der Waals surface area (Å²) in [5.74, 6) is 0.929. The van der Waals surface area contributed by atoms with Crippen LogP contribution < -0.4 is 10.1 Å². The van der Waals surface area contributed by atoms with E-state index in [-0.39, 0.29) is 5.78 Å². The Morgan fingerprint density at radius 1 is 1.50 bits per heavy atom. The quantitative estimate of drug-likeness (QED) is 0.861. The Kier molecular flexibility index (Phi) is 4.62. The highest BCUT2D eigenvalue weighted by Gasteiger charge is 2.07. The third-order valence-electron chi connectivity index (χ3n) is 2.24. The van der Waals surface area contributed by atoms with Gasteiger partial charge in [-0.05, 0) is 31.5 Å². The van der Waals surface area contributed by atoms with Crippen LogP contribution in [-0.4, -0.2) is 19.4 Å². The highest BCUT2D eigenvalue weighted by Crippen LogP contribution is 2.31. The number of nitrogens with one attached hydrogen (secondary N) is 1. The number of methoxy groups -OCH3 is 1. The first kappa shape index (κ1) is 12.8. The topological polar surface area (TPSA) is 38.3 Å². The summed E-state index contributed by atoms with van der Waals surface area (Å²) in [4.78, 5) is 10.8. The normalized spacial score (nSPS) is 10.0. The SMILES string of the molecule is COc1c(C)cc(Cl)cc1NCCC(C)=O. The van der Waals surface area contributed by atoms with Crippen molar-refractivity contribution in [2.24, 2.45) is 0 Å². The van der Waals surface area contributed by atoms with Crippen LogP contribution in [0.3, 0.4) is 0 Å². The Balaban J connectivity index is 2.81. The first-order valence-electron chi connectivity index (χ1n) is 5.12. The summed E-state index contributed by atoms with van der Waals surface area (Å²) in [5, 5.41) is 3.80. The van der Waals surface area contributed by atoms with E-state index in [0.717, 1.165) is 17.0 Å². The van der Waals surface area contributed by atoms with Gasteiger partial charge in [-0.1, -0.05) is 11.6 Å². The number of Topliss-reactive ketones (excluding diaryl/α,β-unsaturated/α-hetero) is 1. The number of ether oxygens (including phenoxy) is 1. The molecular weight excluding hydrogens is 226 g/mol. The van der Waals surface area contributed by atoms with Crippen molar-refractivity contribution in [2.45, 2.75) is 20.3 Å². The maximum absolute atomic E-state index is 10.8. The van der Waals surface area contributed by atoms with Gasteiger partial charge in [-0.15, -0.1) is 0 Å². The Labute approximate surface area is 101 Å². The highest BCUT2D eigenvalue weighted by atomic mass is 35.5. The minimum Gasteiger partial charge on any atom is -0.494 e. The van der Waals surface area contributed by atoms with Gasteiger partial charge in [-0.25, -0.2) is 0 Å². The zero-order valence-electron chi connectivity index (χ0n) is 9.76. The fourth-order valence-electron chi connectivity index (χ4n) is 1.51. The van der Waals surface area contributed by atoms with Crippen molar-refractivity contribution >= 4 is 23.1 Å². The smallest absolute Gasteiger partial charge is 0.144 e. The molecule has 3 nitrogen and oxygen atoms in total. The van der Waals surface area contributed by atoms with E-state index >= 15 is 0 Å². The number of halogens is 1. The number of benzene rings is 1. The van der Waals surface area contributed by atoms with Gasteiger partial charge in [0, 0.05) is 18.0 Å². The second-order valence-electron chi connectivity index (χ2n) is 3.68. The van der Waals surface area contributed by atoms with Crippen molar-refractivity contribution < 1.29 is 9.53 Å². The lowest BCUT2D eigenvalue weighted by molar-refractivity contribution is -0.116. The van der Waals surface area contributed by atoms with Crippen LogP contribution in [0, 0.1) is 6.92 Å². The number of hydrogen-bond acceptors (Lipinski definition) is 3. The van der Waals surface area contributed by atoms with Crippen molar-refractivity contribution in [1.82, 2.24) is 0 Å². The van der Waals surface area contributed by atoms with Gasteiger partial charge >= 0.3 is 0 Å². The number of aryl methyl sites for hydroxylation is 1. The maximum atomic E-state index is 10.8. The lowest BCUT2D eigenvalue weighted by atomic mass is 10.2. The molecule has 0 bridgehead atoms. The minimum absolute atomic E-state index is 0.158. The molecule has 0 aliphatic heterocycles. The van der Waals surface area contributed by atoms with Gasteiger partial charge in [0.25, 0.3) is 0 Å². The lowest BCUT2D eigenvalue weighted by Crippen LogP contribution is -2.07. The van der Waals surface area contributed by atoms with Crippen LogP contribution in [0.1, 0.15) is 18.9 Å².